The Balaban J connectivity index is 1.50. The van der Waals surface area contributed by atoms with Gasteiger partial charge in [0.05, 0.1) is 16.8 Å². The number of amides is 1. The Bertz CT molecular complexity index is 1160. The molecule has 4 heterocycles. The number of nitrogens with zero attached hydrogens (tertiary/aromatic N) is 7. The Morgan fingerprint density at radius 3 is 2.69 bits per heavy atom. The highest BCUT2D eigenvalue weighted by molar-refractivity contribution is 6.04. The molecule has 9 nitrogen and oxygen atoms in total. The van der Waals surface area contributed by atoms with Gasteiger partial charge in [0.25, 0.3) is 5.91 Å². The Morgan fingerprint density at radius 2 is 2.03 bits per heavy atom. The van der Waals surface area contributed by atoms with E-state index in [-0.39, 0.29) is 5.91 Å². The minimum Gasteiger partial charge on any atom is -0.350 e. The van der Waals surface area contributed by atoms with Gasteiger partial charge in [-0.05, 0) is 19.1 Å². The largest absolute Gasteiger partial charge is 0.350 e. The van der Waals surface area contributed by atoms with E-state index in [2.05, 4.69) is 31.7 Å². The molecule has 9 heteroatoms. The van der Waals surface area contributed by atoms with Crippen LogP contribution in [0.25, 0.3) is 22.3 Å². The van der Waals surface area contributed by atoms with E-state index in [4.69, 9.17) is 11.4 Å². The van der Waals surface area contributed by atoms with Gasteiger partial charge in [0.1, 0.15) is 0 Å². The number of carbonyl (C=O) groups is 1. The summed E-state index contributed by atoms with van der Waals surface area (Å²) in [4.78, 5) is 17.4. The molecule has 1 N–H and O–H groups in total. The average Bonchev–Trinajstić information content (AvgIpc) is 3.28. The SMILES string of the molecule is C#CCCC1(CCNC(=O)c2nn(C)c3nc(-c4cn(C)nc4C)ccc23)N=N1. The second-order valence-electron chi connectivity index (χ2n) is 7.23. The summed E-state index contributed by atoms with van der Waals surface area (Å²) in [5.74, 6) is 2.36. The van der Waals surface area contributed by atoms with E-state index in [1.807, 2.05) is 32.3 Å². The lowest BCUT2D eigenvalue weighted by Crippen LogP contribution is -2.28. The molecule has 0 spiro atoms. The topological polar surface area (TPSA) is 102 Å². The highest BCUT2D eigenvalue weighted by Gasteiger charge is 2.38. The summed E-state index contributed by atoms with van der Waals surface area (Å²) in [6.07, 6.45) is 9.20. The molecule has 1 aliphatic heterocycles. The van der Waals surface area contributed by atoms with Crippen LogP contribution in [0.3, 0.4) is 0 Å². The molecule has 0 fully saturated rings. The van der Waals surface area contributed by atoms with E-state index < -0.39 is 5.66 Å². The quantitative estimate of drug-likeness (QED) is 0.626. The second kappa shape index (κ2) is 7.13. The van der Waals surface area contributed by atoms with Crippen LogP contribution < -0.4 is 5.32 Å². The first-order valence-corrected chi connectivity index (χ1v) is 9.42. The maximum absolute atomic E-state index is 12.7. The van der Waals surface area contributed by atoms with Gasteiger partial charge in [-0.25, -0.2) is 9.67 Å². The third kappa shape index (κ3) is 3.61. The Hall–Kier alpha value is -3.54. The molecule has 0 unspecified atom stereocenters. The first kappa shape index (κ1) is 18.8. The monoisotopic (exact) mass is 390 g/mol. The van der Waals surface area contributed by atoms with Crippen LogP contribution in [0.5, 0.6) is 0 Å². The van der Waals surface area contributed by atoms with Gasteiger partial charge < -0.3 is 5.32 Å². The molecule has 1 amide bonds. The number of nitrogens with one attached hydrogen (secondary N) is 1. The highest BCUT2D eigenvalue weighted by Crippen LogP contribution is 2.36. The third-order valence-electron chi connectivity index (χ3n) is 5.05. The number of carbonyl (C=O) groups excluding carboxylic acids is 1. The number of fused-ring (bicyclic) bond motifs is 1. The number of terminal acetylenes is 1. The van der Waals surface area contributed by atoms with Gasteiger partial charge >= 0.3 is 0 Å². The van der Waals surface area contributed by atoms with Crippen molar-refractivity contribution in [1.29, 1.82) is 0 Å². The molecule has 0 radical (unpaired) electrons. The van der Waals surface area contributed by atoms with Gasteiger partial charge in [-0.2, -0.15) is 20.4 Å². The summed E-state index contributed by atoms with van der Waals surface area (Å²) in [6, 6.07) is 3.77. The molecule has 0 aliphatic carbocycles. The molecule has 4 rings (SSSR count). The lowest BCUT2D eigenvalue weighted by molar-refractivity contribution is 0.0947. The molecule has 3 aromatic rings. The smallest absolute Gasteiger partial charge is 0.272 e. The zero-order valence-corrected chi connectivity index (χ0v) is 16.7. The van der Waals surface area contributed by atoms with Crippen molar-refractivity contribution in [2.45, 2.75) is 31.8 Å². The maximum Gasteiger partial charge on any atom is 0.272 e. The molecule has 148 valence electrons. The summed E-state index contributed by atoms with van der Waals surface area (Å²) in [6.45, 7) is 2.40. The normalized spacial score (nSPS) is 14.1. The van der Waals surface area contributed by atoms with E-state index in [0.29, 0.717) is 42.5 Å². The van der Waals surface area contributed by atoms with Crippen LogP contribution in [0.1, 0.15) is 35.4 Å². The predicted molar refractivity (Wildman–Crippen MR) is 108 cm³/mol. The van der Waals surface area contributed by atoms with Gasteiger partial charge in [0, 0.05) is 51.7 Å². The van der Waals surface area contributed by atoms with Crippen LogP contribution in [0, 0.1) is 19.3 Å². The van der Waals surface area contributed by atoms with Crippen molar-refractivity contribution in [2.75, 3.05) is 6.54 Å². The number of hydrogen-bond donors (Lipinski definition) is 1. The molecule has 0 atom stereocenters. The minimum absolute atomic E-state index is 0.240. The van der Waals surface area contributed by atoms with Crippen LogP contribution in [0.2, 0.25) is 0 Å². The average molecular weight is 390 g/mol. The van der Waals surface area contributed by atoms with Crippen molar-refractivity contribution in [3.8, 4) is 23.6 Å². The number of pyridine rings is 1. The fraction of sp³-hybridized carbons (Fsp3) is 0.400. The lowest BCUT2D eigenvalue weighted by Gasteiger charge is -2.09. The number of hydrogen-bond acceptors (Lipinski definition) is 6. The summed E-state index contributed by atoms with van der Waals surface area (Å²) >= 11 is 0. The number of aryl methyl sites for hydroxylation is 3. The third-order valence-corrected chi connectivity index (χ3v) is 5.05. The maximum atomic E-state index is 12.7. The lowest BCUT2D eigenvalue weighted by atomic mass is 10.0. The fourth-order valence-electron chi connectivity index (χ4n) is 3.43. The molecular weight excluding hydrogens is 368 g/mol. The first-order chi connectivity index (χ1) is 13.9. The summed E-state index contributed by atoms with van der Waals surface area (Å²) < 4.78 is 3.38. The second-order valence-corrected chi connectivity index (χ2v) is 7.23. The summed E-state index contributed by atoms with van der Waals surface area (Å²) in [7, 11) is 3.66. The molecule has 3 aromatic heterocycles. The number of rotatable bonds is 7. The Morgan fingerprint density at radius 1 is 1.24 bits per heavy atom. The van der Waals surface area contributed by atoms with Crippen LogP contribution in [0.15, 0.2) is 28.6 Å². The molecular formula is C20H22N8O. The number of aromatic nitrogens is 5. The van der Waals surface area contributed by atoms with E-state index in [9.17, 15) is 4.79 Å². The molecule has 0 saturated carbocycles. The van der Waals surface area contributed by atoms with Gasteiger partial charge in [-0.3, -0.25) is 9.48 Å². The van der Waals surface area contributed by atoms with Crippen molar-refractivity contribution in [1.82, 2.24) is 29.9 Å². The van der Waals surface area contributed by atoms with Crippen molar-refractivity contribution in [3.63, 3.8) is 0 Å². The van der Waals surface area contributed by atoms with Gasteiger partial charge in [0.15, 0.2) is 17.0 Å². The van der Waals surface area contributed by atoms with Crippen LogP contribution in [0.4, 0.5) is 0 Å². The van der Waals surface area contributed by atoms with E-state index in [1.54, 1.807) is 16.4 Å². The zero-order chi connectivity index (χ0) is 20.6. The van der Waals surface area contributed by atoms with Gasteiger partial charge in [-0.1, -0.05) is 0 Å². The predicted octanol–water partition coefficient (Wildman–Crippen LogP) is 2.37. The van der Waals surface area contributed by atoms with Crippen molar-refractivity contribution < 1.29 is 4.79 Å². The highest BCUT2D eigenvalue weighted by atomic mass is 16.1. The molecule has 29 heavy (non-hydrogen) atoms. The molecule has 0 saturated heterocycles. The van der Waals surface area contributed by atoms with Gasteiger partial charge in [-0.15, -0.1) is 12.3 Å². The summed E-state index contributed by atoms with van der Waals surface area (Å²) in [5.41, 5.74) is 3.24. The standard InChI is InChI=1S/C20H22N8O/c1-5-6-9-20(25-26-20)10-11-21-19(29)17-14-7-8-16(22-18(14)28(4)24-17)15-12-27(3)23-13(15)2/h1,7-8,12H,6,9-11H2,2-4H3,(H,21,29). The van der Waals surface area contributed by atoms with Crippen molar-refractivity contribution >= 4 is 16.9 Å². The first-order valence-electron chi connectivity index (χ1n) is 9.42. The summed E-state index contributed by atoms with van der Waals surface area (Å²) in [5, 5.41) is 20.5. The molecule has 1 aliphatic rings. The molecule has 0 aromatic carbocycles. The zero-order valence-electron chi connectivity index (χ0n) is 16.7. The van der Waals surface area contributed by atoms with Crippen molar-refractivity contribution in [2.24, 2.45) is 24.3 Å². The van der Waals surface area contributed by atoms with Crippen LogP contribution in [-0.4, -0.2) is 42.7 Å². The minimum atomic E-state index is -0.413. The van der Waals surface area contributed by atoms with Crippen molar-refractivity contribution in [3.05, 3.63) is 29.7 Å². The Labute approximate surface area is 168 Å². The molecule has 0 bridgehead atoms. The Kier molecular flexibility index (Phi) is 4.62. The van der Waals surface area contributed by atoms with E-state index >= 15 is 0 Å². The fourth-order valence-corrected chi connectivity index (χ4v) is 3.43. The van der Waals surface area contributed by atoms with Crippen LogP contribution >= 0.6 is 0 Å². The van der Waals surface area contributed by atoms with E-state index in [0.717, 1.165) is 17.0 Å². The van der Waals surface area contributed by atoms with Gasteiger partial charge in [0.2, 0.25) is 0 Å². The van der Waals surface area contributed by atoms with Crippen LogP contribution in [-0.2, 0) is 14.1 Å². The van der Waals surface area contributed by atoms with E-state index in [1.165, 1.54) is 0 Å².